The van der Waals surface area contributed by atoms with E-state index in [9.17, 15) is 0 Å². The second kappa shape index (κ2) is 6.12. The van der Waals surface area contributed by atoms with Crippen LogP contribution in [0.3, 0.4) is 0 Å². The molecule has 20 heavy (non-hydrogen) atoms. The molecule has 1 N–H and O–H groups in total. The molecule has 0 aliphatic carbocycles. The minimum atomic E-state index is 0.00760. The van der Waals surface area contributed by atoms with Crippen LogP contribution in [0.15, 0.2) is 71.5 Å². The first-order valence-electron chi connectivity index (χ1n) is 6.52. The van der Waals surface area contributed by atoms with Crippen LogP contribution in [0.4, 0.5) is 0 Å². The summed E-state index contributed by atoms with van der Waals surface area (Å²) in [6.07, 6.45) is 3.36. The van der Waals surface area contributed by atoms with Gasteiger partial charge >= 0.3 is 0 Å². The monoisotopic (exact) mass is 265 g/mol. The number of hydrogen-bond donors (Lipinski definition) is 1. The van der Waals surface area contributed by atoms with Gasteiger partial charge in [0.25, 0.3) is 0 Å². The fraction of sp³-hybridized carbons (Fsp3) is 0.125. The number of furan rings is 1. The lowest BCUT2D eigenvalue weighted by atomic mass is 10.0. The Labute approximate surface area is 117 Å². The molecule has 0 aliphatic rings. The molecule has 0 spiro atoms. The zero-order valence-electron chi connectivity index (χ0n) is 10.9. The van der Waals surface area contributed by atoms with E-state index < -0.39 is 0 Å². The summed E-state index contributed by atoms with van der Waals surface area (Å²) in [5, 5.41) is 11.4. The number of rotatable bonds is 5. The third-order valence-electron chi connectivity index (χ3n) is 3.08. The van der Waals surface area contributed by atoms with E-state index in [1.165, 1.54) is 0 Å². The van der Waals surface area contributed by atoms with Gasteiger partial charge in [0.1, 0.15) is 5.76 Å². The van der Waals surface area contributed by atoms with Gasteiger partial charge in [0, 0.05) is 12.7 Å². The molecule has 2 aromatic heterocycles. The maximum atomic E-state index is 5.54. The molecule has 1 unspecified atom stereocenters. The highest BCUT2D eigenvalue weighted by Gasteiger charge is 2.16. The number of aromatic nitrogens is 2. The van der Waals surface area contributed by atoms with Crippen LogP contribution in [0.1, 0.15) is 23.1 Å². The fourth-order valence-corrected chi connectivity index (χ4v) is 2.12. The van der Waals surface area contributed by atoms with Crippen LogP contribution in [0.5, 0.6) is 0 Å². The fourth-order valence-electron chi connectivity index (χ4n) is 2.12. The Bertz CT molecular complexity index is 623. The summed E-state index contributed by atoms with van der Waals surface area (Å²) in [7, 11) is 0. The van der Waals surface area contributed by atoms with Crippen LogP contribution in [0.25, 0.3) is 0 Å². The van der Waals surface area contributed by atoms with Crippen molar-refractivity contribution in [2.75, 3.05) is 0 Å². The Hall–Kier alpha value is -2.46. The smallest absolute Gasteiger partial charge is 0.125 e. The molecular weight excluding hydrogens is 250 g/mol. The Morgan fingerprint density at radius 1 is 1.00 bits per heavy atom. The van der Waals surface area contributed by atoms with Crippen molar-refractivity contribution in [3.8, 4) is 0 Å². The number of hydrogen-bond acceptors (Lipinski definition) is 4. The van der Waals surface area contributed by atoms with Crippen LogP contribution in [0.2, 0.25) is 0 Å². The van der Waals surface area contributed by atoms with Gasteiger partial charge in [0.05, 0.1) is 18.0 Å². The third-order valence-corrected chi connectivity index (χ3v) is 3.08. The van der Waals surface area contributed by atoms with E-state index >= 15 is 0 Å². The Kier molecular flexibility index (Phi) is 3.85. The highest BCUT2D eigenvalue weighted by molar-refractivity contribution is 5.26. The quantitative estimate of drug-likeness (QED) is 0.770. The van der Waals surface area contributed by atoms with Crippen molar-refractivity contribution in [1.82, 2.24) is 15.5 Å². The van der Waals surface area contributed by atoms with Gasteiger partial charge in [-0.25, -0.2) is 0 Å². The summed E-state index contributed by atoms with van der Waals surface area (Å²) in [6.45, 7) is 0.633. The van der Waals surface area contributed by atoms with E-state index in [0.29, 0.717) is 6.54 Å². The van der Waals surface area contributed by atoms with Gasteiger partial charge in [0.15, 0.2) is 0 Å². The Morgan fingerprint density at radius 3 is 2.60 bits per heavy atom. The SMILES string of the molecule is c1ccc(C(NCc2cccnn2)c2ccco2)cc1. The second-order valence-electron chi connectivity index (χ2n) is 4.46. The van der Waals surface area contributed by atoms with E-state index in [1.807, 2.05) is 42.5 Å². The predicted molar refractivity (Wildman–Crippen MR) is 75.9 cm³/mol. The highest BCUT2D eigenvalue weighted by Crippen LogP contribution is 2.22. The van der Waals surface area contributed by atoms with Crippen molar-refractivity contribution in [2.24, 2.45) is 0 Å². The molecule has 4 nitrogen and oxygen atoms in total. The van der Waals surface area contributed by atoms with Crippen molar-refractivity contribution in [1.29, 1.82) is 0 Å². The minimum Gasteiger partial charge on any atom is -0.467 e. The second-order valence-corrected chi connectivity index (χ2v) is 4.46. The van der Waals surface area contributed by atoms with Crippen LogP contribution < -0.4 is 5.32 Å². The molecule has 0 amide bonds. The molecule has 1 aromatic carbocycles. The average molecular weight is 265 g/mol. The van der Waals surface area contributed by atoms with Gasteiger partial charge in [-0.2, -0.15) is 10.2 Å². The van der Waals surface area contributed by atoms with Crippen LogP contribution in [-0.2, 0) is 6.54 Å². The summed E-state index contributed by atoms with van der Waals surface area (Å²) in [5.74, 6) is 0.889. The van der Waals surface area contributed by atoms with Crippen LogP contribution >= 0.6 is 0 Å². The number of nitrogens with one attached hydrogen (secondary N) is 1. The standard InChI is InChI=1S/C16H15N3O/c1-2-6-13(7-3-1)16(15-9-5-11-20-15)17-12-14-8-4-10-18-19-14/h1-11,16-17H,12H2. The number of nitrogens with zero attached hydrogens (tertiary/aromatic N) is 2. The first kappa shape index (κ1) is 12.6. The van der Waals surface area contributed by atoms with Crippen LogP contribution in [0, 0.1) is 0 Å². The molecule has 0 saturated carbocycles. The van der Waals surface area contributed by atoms with Crippen molar-refractivity contribution in [3.05, 3.63) is 84.1 Å². The van der Waals surface area contributed by atoms with Crippen molar-refractivity contribution < 1.29 is 4.42 Å². The molecule has 0 saturated heterocycles. The van der Waals surface area contributed by atoms with Gasteiger partial charge in [-0.1, -0.05) is 30.3 Å². The molecule has 0 bridgehead atoms. The lowest BCUT2D eigenvalue weighted by Gasteiger charge is -2.16. The normalized spacial score (nSPS) is 12.2. The third kappa shape index (κ3) is 2.92. The molecule has 3 rings (SSSR count). The van der Waals surface area contributed by atoms with Gasteiger partial charge in [0.2, 0.25) is 0 Å². The van der Waals surface area contributed by atoms with Gasteiger partial charge < -0.3 is 4.42 Å². The van der Waals surface area contributed by atoms with Gasteiger partial charge in [-0.05, 0) is 29.8 Å². The zero-order valence-corrected chi connectivity index (χ0v) is 10.9. The molecule has 1 atom stereocenters. The molecule has 0 aliphatic heterocycles. The van der Waals surface area contributed by atoms with Crippen molar-refractivity contribution >= 4 is 0 Å². The first-order chi connectivity index (χ1) is 9.93. The minimum absolute atomic E-state index is 0.00760. The zero-order chi connectivity index (χ0) is 13.6. The molecule has 100 valence electrons. The van der Waals surface area contributed by atoms with E-state index in [-0.39, 0.29) is 6.04 Å². The molecule has 3 aromatic rings. The molecule has 4 heteroatoms. The van der Waals surface area contributed by atoms with E-state index in [4.69, 9.17) is 4.42 Å². The molecule has 0 fully saturated rings. The van der Waals surface area contributed by atoms with Gasteiger partial charge in [-0.3, -0.25) is 5.32 Å². The maximum absolute atomic E-state index is 5.54. The summed E-state index contributed by atoms with van der Waals surface area (Å²) in [6, 6.07) is 17.9. The average Bonchev–Trinajstić information content (AvgIpc) is 3.04. The maximum Gasteiger partial charge on any atom is 0.125 e. The predicted octanol–water partition coefficient (Wildman–Crippen LogP) is 2.95. The topological polar surface area (TPSA) is 51.0 Å². The highest BCUT2D eigenvalue weighted by atomic mass is 16.3. The Morgan fingerprint density at radius 2 is 1.90 bits per heavy atom. The number of benzene rings is 1. The van der Waals surface area contributed by atoms with Crippen molar-refractivity contribution in [2.45, 2.75) is 12.6 Å². The Balaban J connectivity index is 1.80. The summed E-state index contributed by atoms with van der Waals surface area (Å²) < 4.78 is 5.54. The van der Waals surface area contributed by atoms with Crippen molar-refractivity contribution in [3.63, 3.8) is 0 Å². The molecule has 2 heterocycles. The molecular formula is C16H15N3O. The van der Waals surface area contributed by atoms with E-state index in [1.54, 1.807) is 12.5 Å². The van der Waals surface area contributed by atoms with E-state index in [2.05, 4.69) is 27.6 Å². The first-order valence-corrected chi connectivity index (χ1v) is 6.52. The van der Waals surface area contributed by atoms with E-state index in [0.717, 1.165) is 17.0 Å². The molecule has 0 radical (unpaired) electrons. The summed E-state index contributed by atoms with van der Waals surface area (Å²) in [5.41, 5.74) is 2.06. The van der Waals surface area contributed by atoms with Crippen LogP contribution in [-0.4, -0.2) is 10.2 Å². The lowest BCUT2D eigenvalue weighted by Crippen LogP contribution is -2.22. The summed E-state index contributed by atoms with van der Waals surface area (Å²) >= 11 is 0. The lowest BCUT2D eigenvalue weighted by molar-refractivity contribution is 0.444. The summed E-state index contributed by atoms with van der Waals surface area (Å²) in [4.78, 5) is 0. The van der Waals surface area contributed by atoms with Gasteiger partial charge in [-0.15, -0.1) is 0 Å². The largest absolute Gasteiger partial charge is 0.467 e.